The van der Waals surface area contributed by atoms with Crippen molar-refractivity contribution in [1.82, 2.24) is 0 Å². The lowest BCUT2D eigenvalue weighted by Crippen LogP contribution is -2.59. The Bertz CT molecular complexity index is 1080. The van der Waals surface area contributed by atoms with Gasteiger partial charge in [0.1, 0.15) is 12.7 Å². The number of hydrogen-bond donors (Lipinski definition) is 1. The molecule has 0 spiro atoms. The molecule has 7 nitrogen and oxygen atoms in total. The number of aliphatic hydroxyl groups is 1. The fourth-order valence-corrected chi connectivity index (χ4v) is 10.4. The number of cyclic esters (lactones) is 1. The molecular weight excluding hydrogens is 544 g/mol. The van der Waals surface area contributed by atoms with E-state index < -0.39 is 22.9 Å². The van der Waals surface area contributed by atoms with Crippen LogP contribution in [0.1, 0.15) is 126 Å². The predicted octanol–water partition coefficient (Wildman–Crippen LogP) is 6.88. The fourth-order valence-electron chi connectivity index (χ4n) is 10.4. The van der Waals surface area contributed by atoms with Crippen molar-refractivity contribution in [2.45, 2.75) is 144 Å². The average Bonchev–Trinajstić information content (AvgIpc) is 3.44. The van der Waals surface area contributed by atoms with Crippen molar-refractivity contribution in [1.29, 1.82) is 0 Å². The highest BCUT2D eigenvalue weighted by atomic mass is 16.6. The number of hydrogen-bond acceptors (Lipinski definition) is 7. The molecule has 0 aromatic rings. The highest BCUT2D eigenvalue weighted by Gasteiger charge is 2.64. The van der Waals surface area contributed by atoms with Gasteiger partial charge in [-0.3, -0.25) is 9.59 Å². The lowest BCUT2D eigenvalue weighted by molar-refractivity contribution is -0.185. The molecule has 0 aromatic heterocycles. The van der Waals surface area contributed by atoms with E-state index >= 15 is 0 Å². The maximum absolute atomic E-state index is 12.8. The van der Waals surface area contributed by atoms with Crippen LogP contribution >= 0.6 is 0 Å². The monoisotopic (exact) mass is 602 g/mol. The minimum Gasteiger partial charge on any atom is -0.462 e. The van der Waals surface area contributed by atoms with E-state index in [1.807, 2.05) is 34.6 Å². The molecule has 5 aliphatic rings. The van der Waals surface area contributed by atoms with Crippen LogP contribution in [0.25, 0.3) is 0 Å². The molecule has 7 heteroatoms. The summed E-state index contributed by atoms with van der Waals surface area (Å²) in [5, 5.41) is 11.9. The van der Waals surface area contributed by atoms with E-state index in [-0.39, 0.29) is 53.9 Å². The Hall–Kier alpha value is -1.63. The molecule has 1 heterocycles. The average molecular weight is 603 g/mol. The Kier molecular flexibility index (Phi) is 8.85. The first-order valence-electron chi connectivity index (χ1n) is 17.3. The third-order valence-electron chi connectivity index (χ3n) is 13.8. The molecule has 1 aliphatic heterocycles. The maximum Gasteiger partial charge on any atom is 0.348 e. The third-order valence-corrected chi connectivity index (χ3v) is 13.8. The summed E-state index contributed by atoms with van der Waals surface area (Å²) in [6, 6.07) is 0. The van der Waals surface area contributed by atoms with Gasteiger partial charge in [-0.2, -0.15) is 0 Å². The van der Waals surface area contributed by atoms with Gasteiger partial charge in [-0.1, -0.05) is 41.5 Å². The summed E-state index contributed by atoms with van der Waals surface area (Å²) in [6.45, 7) is 17.1. The molecule has 244 valence electrons. The zero-order valence-electron chi connectivity index (χ0n) is 28.1. The quantitative estimate of drug-likeness (QED) is 0.239. The summed E-state index contributed by atoms with van der Waals surface area (Å²) >= 11 is 0. The van der Waals surface area contributed by atoms with Gasteiger partial charge in [0.25, 0.3) is 0 Å². The van der Waals surface area contributed by atoms with Gasteiger partial charge in [-0.05, 0) is 124 Å². The first-order valence-corrected chi connectivity index (χ1v) is 17.3. The Morgan fingerprint density at radius 2 is 1.74 bits per heavy atom. The molecule has 43 heavy (non-hydrogen) atoms. The summed E-state index contributed by atoms with van der Waals surface area (Å²) in [4.78, 5) is 37.7. The zero-order valence-corrected chi connectivity index (χ0v) is 28.1. The predicted molar refractivity (Wildman–Crippen MR) is 164 cm³/mol. The molecule has 5 rings (SSSR count). The molecule has 0 bridgehead atoms. The molecule has 11 atom stereocenters. The molecule has 4 aliphatic carbocycles. The molecule has 7 unspecified atom stereocenters. The number of ether oxygens (including phenoxy) is 3. The lowest BCUT2D eigenvalue weighted by Gasteiger charge is -2.62. The molecule has 1 N–H and O–H groups in total. The summed E-state index contributed by atoms with van der Waals surface area (Å²) in [5.41, 5.74) is -0.910. The Balaban J connectivity index is 1.21. The van der Waals surface area contributed by atoms with E-state index in [2.05, 4.69) is 20.8 Å². The van der Waals surface area contributed by atoms with E-state index in [0.29, 0.717) is 36.0 Å². The van der Waals surface area contributed by atoms with Gasteiger partial charge in [0.05, 0.1) is 11.5 Å². The van der Waals surface area contributed by atoms with Gasteiger partial charge >= 0.3 is 17.9 Å². The SMILES string of the molecule is CCC(C)(C)C(=O)O[C@H]1CC[C@@]2(C)C(CCC3C2C[C@H](O)[C@]2(C)C(C(C)CCC(=O)OC4C(=O)OCC4(C)C)CCC32)C1. The minimum atomic E-state index is -0.831. The van der Waals surface area contributed by atoms with Crippen LogP contribution in [-0.4, -0.2) is 47.9 Å². The van der Waals surface area contributed by atoms with E-state index in [9.17, 15) is 19.5 Å². The van der Waals surface area contributed by atoms with E-state index in [1.54, 1.807) is 0 Å². The largest absolute Gasteiger partial charge is 0.462 e. The number of rotatable bonds is 8. The number of carbonyl (C=O) groups excluding carboxylic acids is 3. The second kappa shape index (κ2) is 11.6. The van der Waals surface area contributed by atoms with Crippen molar-refractivity contribution in [3.05, 3.63) is 0 Å². The second-order valence-corrected chi connectivity index (χ2v) is 17.0. The van der Waals surface area contributed by atoms with Crippen molar-refractivity contribution in [3.63, 3.8) is 0 Å². The van der Waals surface area contributed by atoms with E-state index in [0.717, 1.165) is 44.9 Å². The van der Waals surface area contributed by atoms with Gasteiger partial charge in [0.15, 0.2) is 0 Å². The lowest BCUT2D eigenvalue weighted by atomic mass is 9.43. The van der Waals surface area contributed by atoms with Gasteiger partial charge in [-0.25, -0.2) is 4.79 Å². The van der Waals surface area contributed by atoms with Gasteiger partial charge in [-0.15, -0.1) is 0 Å². The number of carbonyl (C=O) groups is 3. The Labute approximate surface area is 259 Å². The fraction of sp³-hybridized carbons (Fsp3) is 0.917. The summed E-state index contributed by atoms with van der Waals surface area (Å²) in [7, 11) is 0. The number of esters is 3. The van der Waals surface area contributed by atoms with Gasteiger partial charge in [0, 0.05) is 11.8 Å². The van der Waals surface area contributed by atoms with Crippen LogP contribution in [0, 0.1) is 57.2 Å². The third kappa shape index (κ3) is 5.67. The van der Waals surface area contributed by atoms with Gasteiger partial charge < -0.3 is 19.3 Å². The minimum absolute atomic E-state index is 0.0144. The van der Waals surface area contributed by atoms with Crippen LogP contribution in [0.2, 0.25) is 0 Å². The number of fused-ring (bicyclic) bond motifs is 5. The molecule has 4 saturated carbocycles. The molecule has 0 aromatic carbocycles. The zero-order chi connectivity index (χ0) is 31.5. The van der Waals surface area contributed by atoms with Crippen LogP contribution in [0.5, 0.6) is 0 Å². The summed E-state index contributed by atoms with van der Waals surface area (Å²) in [5.74, 6) is 1.93. The summed E-state index contributed by atoms with van der Waals surface area (Å²) in [6.07, 6.45) is 8.97. The molecule has 0 radical (unpaired) electrons. The maximum atomic E-state index is 12.8. The highest BCUT2D eigenvalue weighted by molar-refractivity contribution is 5.81. The normalized spacial score (nSPS) is 42.7. The van der Waals surface area contributed by atoms with Crippen molar-refractivity contribution < 1.29 is 33.7 Å². The van der Waals surface area contributed by atoms with Crippen LogP contribution in [0.3, 0.4) is 0 Å². The van der Waals surface area contributed by atoms with E-state index in [4.69, 9.17) is 14.2 Å². The Morgan fingerprint density at radius 1 is 1.02 bits per heavy atom. The standard InChI is InChI=1S/C36H58O7/c1-9-33(3,4)32(40)42-23-16-17-35(7)22(18-23)11-12-24-26-14-13-25(36(26,8)28(37)19-27(24)35)21(2)10-15-29(38)43-30-31(39)41-20-34(30,5)6/h21-28,30,37H,9-20H2,1-8H3/t21?,22?,23-,24?,25?,26?,27?,28-,30?,35-,36+/m0/s1. The van der Waals surface area contributed by atoms with Crippen molar-refractivity contribution in [2.75, 3.05) is 6.61 Å². The van der Waals surface area contributed by atoms with Crippen molar-refractivity contribution in [3.8, 4) is 0 Å². The van der Waals surface area contributed by atoms with Crippen molar-refractivity contribution >= 4 is 17.9 Å². The molecule has 0 amide bonds. The first-order chi connectivity index (χ1) is 20.0. The van der Waals surface area contributed by atoms with Crippen molar-refractivity contribution in [2.24, 2.45) is 57.2 Å². The van der Waals surface area contributed by atoms with Crippen LogP contribution in [0.15, 0.2) is 0 Å². The molecular formula is C36H58O7. The molecule has 1 saturated heterocycles. The summed E-state index contributed by atoms with van der Waals surface area (Å²) < 4.78 is 16.8. The smallest absolute Gasteiger partial charge is 0.348 e. The van der Waals surface area contributed by atoms with Crippen LogP contribution in [0.4, 0.5) is 0 Å². The Morgan fingerprint density at radius 3 is 2.40 bits per heavy atom. The second-order valence-electron chi connectivity index (χ2n) is 17.0. The highest BCUT2D eigenvalue weighted by Crippen LogP contribution is 2.68. The van der Waals surface area contributed by atoms with Gasteiger partial charge in [0.2, 0.25) is 6.10 Å². The molecule has 5 fully saturated rings. The van der Waals surface area contributed by atoms with Crippen LogP contribution < -0.4 is 0 Å². The van der Waals surface area contributed by atoms with E-state index in [1.165, 1.54) is 12.8 Å². The number of aliphatic hydroxyl groups excluding tert-OH is 1. The first kappa shape index (κ1) is 32.8. The topological polar surface area (TPSA) is 99.1 Å². The van der Waals surface area contributed by atoms with Crippen LogP contribution in [-0.2, 0) is 28.6 Å².